The molecule has 0 aromatic heterocycles. The highest BCUT2D eigenvalue weighted by atomic mass is 79.9. The van der Waals surface area contributed by atoms with E-state index >= 15 is 0 Å². The SMILES string of the molecule is COC(=O)C(Br)CNc1cc(OC)ccc1OC. The number of hydrogen-bond acceptors (Lipinski definition) is 5. The monoisotopic (exact) mass is 317 g/mol. The molecule has 1 rings (SSSR count). The van der Waals surface area contributed by atoms with Gasteiger partial charge in [0, 0.05) is 12.6 Å². The minimum Gasteiger partial charge on any atom is -0.497 e. The maximum Gasteiger partial charge on any atom is 0.321 e. The summed E-state index contributed by atoms with van der Waals surface area (Å²) in [5.41, 5.74) is 0.755. The molecule has 0 fully saturated rings. The Labute approximate surface area is 115 Å². The van der Waals surface area contributed by atoms with E-state index in [2.05, 4.69) is 26.0 Å². The van der Waals surface area contributed by atoms with E-state index < -0.39 is 4.83 Å². The molecule has 0 radical (unpaired) electrons. The van der Waals surface area contributed by atoms with Crippen molar-refractivity contribution in [3.63, 3.8) is 0 Å². The number of alkyl halides is 1. The van der Waals surface area contributed by atoms with Crippen LogP contribution < -0.4 is 14.8 Å². The molecule has 1 atom stereocenters. The number of carbonyl (C=O) groups is 1. The maximum atomic E-state index is 11.2. The van der Waals surface area contributed by atoms with Gasteiger partial charge in [0.1, 0.15) is 16.3 Å². The molecule has 0 saturated carbocycles. The molecular formula is C12H16BrNO4. The van der Waals surface area contributed by atoms with E-state index in [0.717, 1.165) is 5.69 Å². The van der Waals surface area contributed by atoms with E-state index in [-0.39, 0.29) is 5.97 Å². The zero-order valence-electron chi connectivity index (χ0n) is 10.5. The number of ether oxygens (including phenoxy) is 3. The van der Waals surface area contributed by atoms with Gasteiger partial charge in [-0.2, -0.15) is 0 Å². The van der Waals surface area contributed by atoms with Gasteiger partial charge in [-0.25, -0.2) is 0 Å². The molecule has 0 aliphatic carbocycles. The van der Waals surface area contributed by atoms with Crippen LogP contribution in [0, 0.1) is 0 Å². The summed E-state index contributed by atoms with van der Waals surface area (Å²) < 4.78 is 15.0. The molecule has 1 unspecified atom stereocenters. The summed E-state index contributed by atoms with van der Waals surface area (Å²) in [6, 6.07) is 5.40. The molecule has 5 nitrogen and oxygen atoms in total. The minimum atomic E-state index is -0.418. The Hall–Kier alpha value is -1.43. The van der Waals surface area contributed by atoms with Crippen molar-refractivity contribution < 1.29 is 19.0 Å². The predicted octanol–water partition coefficient (Wildman–Crippen LogP) is 2.05. The summed E-state index contributed by atoms with van der Waals surface area (Å²) in [6.07, 6.45) is 0. The highest BCUT2D eigenvalue weighted by Gasteiger charge is 2.15. The van der Waals surface area contributed by atoms with Crippen LogP contribution in [0.25, 0.3) is 0 Å². The fraction of sp³-hybridized carbons (Fsp3) is 0.417. The summed E-state index contributed by atoms with van der Waals surface area (Å²) in [5.74, 6) is 1.06. The van der Waals surface area contributed by atoms with Crippen molar-refractivity contribution in [1.82, 2.24) is 0 Å². The first-order valence-corrected chi connectivity index (χ1v) is 6.21. The first-order chi connectivity index (χ1) is 8.62. The Morgan fingerprint density at radius 3 is 2.61 bits per heavy atom. The zero-order valence-corrected chi connectivity index (χ0v) is 12.1. The third-order valence-electron chi connectivity index (χ3n) is 2.34. The fourth-order valence-electron chi connectivity index (χ4n) is 1.36. The molecule has 1 aromatic carbocycles. The number of halogens is 1. The van der Waals surface area contributed by atoms with Gasteiger partial charge in [-0.3, -0.25) is 4.79 Å². The van der Waals surface area contributed by atoms with Crippen molar-refractivity contribution in [3.05, 3.63) is 18.2 Å². The van der Waals surface area contributed by atoms with Gasteiger partial charge in [0.05, 0.1) is 27.0 Å². The average Bonchev–Trinajstić information content (AvgIpc) is 2.43. The molecule has 1 N–H and O–H groups in total. The van der Waals surface area contributed by atoms with Crippen LogP contribution >= 0.6 is 15.9 Å². The number of benzene rings is 1. The number of carbonyl (C=O) groups excluding carboxylic acids is 1. The van der Waals surface area contributed by atoms with Crippen LogP contribution in [0.2, 0.25) is 0 Å². The van der Waals surface area contributed by atoms with Gasteiger partial charge in [-0.05, 0) is 12.1 Å². The Balaban J connectivity index is 2.73. The van der Waals surface area contributed by atoms with E-state index in [1.807, 2.05) is 0 Å². The second-order valence-corrected chi connectivity index (χ2v) is 4.54. The number of rotatable bonds is 6. The lowest BCUT2D eigenvalue weighted by atomic mass is 10.2. The van der Waals surface area contributed by atoms with Gasteiger partial charge >= 0.3 is 5.97 Å². The maximum absolute atomic E-state index is 11.2. The molecule has 1 aromatic rings. The Morgan fingerprint density at radius 2 is 2.06 bits per heavy atom. The minimum absolute atomic E-state index is 0.329. The van der Waals surface area contributed by atoms with Crippen molar-refractivity contribution in [2.45, 2.75) is 4.83 Å². The van der Waals surface area contributed by atoms with Gasteiger partial charge in [0.25, 0.3) is 0 Å². The first kappa shape index (κ1) is 14.6. The highest BCUT2D eigenvalue weighted by Crippen LogP contribution is 2.29. The van der Waals surface area contributed by atoms with E-state index in [1.54, 1.807) is 32.4 Å². The lowest BCUT2D eigenvalue weighted by Crippen LogP contribution is -2.24. The van der Waals surface area contributed by atoms with Crippen molar-refractivity contribution in [1.29, 1.82) is 0 Å². The normalized spacial score (nSPS) is 11.6. The lowest BCUT2D eigenvalue weighted by Gasteiger charge is -2.14. The Bertz CT molecular complexity index is 411. The predicted molar refractivity (Wildman–Crippen MR) is 72.8 cm³/mol. The van der Waals surface area contributed by atoms with Crippen molar-refractivity contribution >= 4 is 27.6 Å². The number of anilines is 1. The smallest absolute Gasteiger partial charge is 0.321 e. The molecule has 0 spiro atoms. The van der Waals surface area contributed by atoms with Crippen molar-refractivity contribution in [2.75, 3.05) is 33.2 Å². The van der Waals surface area contributed by atoms with Crippen LogP contribution in [-0.2, 0) is 9.53 Å². The molecule has 18 heavy (non-hydrogen) atoms. The van der Waals surface area contributed by atoms with Crippen LogP contribution in [0.3, 0.4) is 0 Å². The molecule has 0 amide bonds. The second kappa shape index (κ2) is 7.10. The Morgan fingerprint density at radius 1 is 1.33 bits per heavy atom. The van der Waals surface area contributed by atoms with E-state index in [0.29, 0.717) is 18.0 Å². The average molecular weight is 318 g/mol. The topological polar surface area (TPSA) is 56.8 Å². The molecule has 100 valence electrons. The largest absolute Gasteiger partial charge is 0.497 e. The van der Waals surface area contributed by atoms with Crippen LogP contribution in [0.5, 0.6) is 11.5 Å². The van der Waals surface area contributed by atoms with Gasteiger partial charge in [0.2, 0.25) is 0 Å². The number of methoxy groups -OCH3 is 3. The van der Waals surface area contributed by atoms with E-state index in [4.69, 9.17) is 9.47 Å². The third kappa shape index (κ3) is 3.80. The fourth-order valence-corrected chi connectivity index (χ4v) is 1.71. The number of hydrogen-bond donors (Lipinski definition) is 1. The van der Waals surface area contributed by atoms with Gasteiger partial charge in [0.15, 0.2) is 0 Å². The molecular weight excluding hydrogens is 302 g/mol. The third-order valence-corrected chi connectivity index (χ3v) is 3.03. The van der Waals surface area contributed by atoms with Gasteiger partial charge < -0.3 is 19.5 Å². The summed E-state index contributed by atoms with van der Waals surface area (Å²) in [5, 5.41) is 3.10. The number of esters is 1. The van der Waals surface area contributed by atoms with Crippen LogP contribution in [-0.4, -0.2) is 38.7 Å². The molecule has 0 saturated heterocycles. The summed E-state index contributed by atoms with van der Waals surface area (Å²) in [4.78, 5) is 10.8. The first-order valence-electron chi connectivity index (χ1n) is 5.30. The molecule has 0 aliphatic rings. The molecule has 0 aliphatic heterocycles. The standard InChI is InChI=1S/C12H16BrNO4/c1-16-8-4-5-11(17-2)10(6-8)14-7-9(13)12(15)18-3/h4-6,9,14H,7H2,1-3H3. The van der Waals surface area contributed by atoms with E-state index in [1.165, 1.54) is 7.11 Å². The van der Waals surface area contributed by atoms with E-state index in [9.17, 15) is 4.79 Å². The van der Waals surface area contributed by atoms with Crippen LogP contribution in [0.4, 0.5) is 5.69 Å². The van der Waals surface area contributed by atoms with Crippen molar-refractivity contribution in [3.8, 4) is 11.5 Å². The molecule has 0 bridgehead atoms. The highest BCUT2D eigenvalue weighted by molar-refractivity contribution is 9.10. The Kier molecular flexibility index (Phi) is 5.77. The van der Waals surface area contributed by atoms with Crippen LogP contribution in [0.15, 0.2) is 18.2 Å². The zero-order chi connectivity index (χ0) is 13.5. The summed E-state index contributed by atoms with van der Waals surface area (Å²) >= 11 is 3.23. The lowest BCUT2D eigenvalue weighted by molar-refractivity contribution is -0.139. The quantitative estimate of drug-likeness (QED) is 0.643. The van der Waals surface area contributed by atoms with Crippen molar-refractivity contribution in [2.24, 2.45) is 0 Å². The molecule has 0 heterocycles. The summed E-state index contributed by atoms with van der Waals surface area (Å²) in [6.45, 7) is 0.385. The van der Waals surface area contributed by atoms with Crippen LogP contribution in [0.1, 0.15) is 0 Å². The van der Waals surface area contributed by atoms with Gasteiger partial charge in [-0.15, -0.1) is 0 Å². The second-order valence-electron chi connectivity index (χ2n) is 3.44. The number of nitrogens with one attached hydrogen (secondary N) is 1. The summed E-state index contributed by atoms with van der Waals surface area (Å²) in [7, 11) is 4.52. The van der Waals surface area contributed by atoms with Gasteiger partial charge in [-0.1, -0.05) is 15.9 Å². The molecule has 6 heteroatoms.